The van der Waals surface area contributed by atoms with Crippen molar-refractivity contribution >= 4 is 41.5 Å². The Labute approximate surface area is 157 Å². The number of likely N-dealkylation sites (N-methyl/N-ethyl adjacent to an activating group) is 1. The van der Waals surface area contributed by atoms with Gasteiger partial charge in [-0.1, -0.05) is 6.07 Å². The molecule has 1 fully saturated rings. The van der Waals surface area contributed by atoms with Gasteiger partial charge in [0.05, 0.1) is 25.6 Å². The first-order valence-corrected chi connectivity index (χ1v) is 8.89. The summed E-state index contributed by atoms with van der Waals surface area (Å²) in [4.78, 5) is 39.7. The molecule has 1 atom stereocenters. The maximum atomic E-state index is 12.3. The third-order valence-corrected chi connectivity index (χ3v) is 4.97. The summed E-state index contributed by atoms with van der Waals surface area (Å²) in [6, 6.07) is 3.87. The molecule has 7 nitrogen and oxygen atoms in total. The Balaban J connectivity index is 0.00000312. The van der Waals surface area contributed by atoms with Crippen molar-refractivity contribution in [2.75, 3.05) is 32.7 Å². The molecular formula is C16H24ClN3O4S. The zero-order valence-corrected chi connectivity index (χ0v) is 15.8. The zero-order chi connectivity index (χ0) is 17.5. The number of nitrogens with zero attached hydrogens (tertiary/aromatic N) is 2. The summed E-state index contributed by atoms with van der Waals surface area (Å²) in [6.07, 6.45) is 0.566. The molecule has 0 radical (unpaired) electrons. The number of rotatable bonds is 8. The van der Waals surface area contributed by atoms with E-state index in [1.807, 2.05) is 29.3 Å². The number of aliphatic carboxylic acids is 1. The van der Waals surface area contributed by atoms with Crippen molar-refractivity contribution < 1.29 is 19.5 Å². The number of carboxylic acid groups (broad SMARTS) is 1. The number of carboxylic acids is 1. The van der Waals surface area contributed by atoms with Crippen LogP contribution in [0.15, 0.2) is 17.5 Å². The molecule has 2 amide bonds. The Morgan fingerprint density at radius 2 is 2.20 bits per heavy atom. The molecule has 0 spiro atoms. The van der Waals surface area contributed by atoms with Crippen LogP contribution in [0.1, 0.15) is 18.2 Å². The molecule has 1 aromatic heterocycles. The van der Waals surface area contributed by atoms with Crippen LogP contribution in [0.4, 0.5) is 0 Å². The molecule has 2 rings (SSSR count). The van der Waals surface area contributed by atoms with Gasteiger partial charge in [0, 0.05) is 18.0 Å². The first kappa shape index (κ1) is 21.4. The van der Waals surface area contributed by atoms with Gasteiger partial charge in [0.2, 0.25) is 11.8 Å². The molecule has 0 aromatic carbocycles. The van der Waals surface area contributed by atoms with Gasteiger partial charge in [-0.05, 0) is 31.3 Å². The second kappa shape index (κ2) is 10.4. The molecular weight excluding hydrogens is 366 g/mol. The van der Waals surface area contributed by atoms with Crippen LogP contribution in [-0.4, -0.2) is 65.4 Å². The van der Waals surface area contributed by atoms with Gasteiger partial charge in [0.1, 0.15) is 0 Å². The van der Waals surface area contributed by atoms with Gasteiger partial charge in [-0.15, -0.1) is 23.7 Å². The predicted octanol–water partition coefficient (Wildman–Crippen LogP) is 1.04. The number of hydrogen-bond donors (Lipinski definition) is 2. The van der Waals surface area contributed by atoms with E-state index in [0.29, 0.717) is 32.6 Å². The van der Waals surface area contributed by atoms with Crippen LogP contribution in [0, 0.1) is 5.92 Å². The maximum absolute atomic E-state index is 12.3. The van der Waals surface area contributed by atoms with Crippen molar-refractivity contribution in [1.29, 1.82) is 0 Å². The highest BCUT2D eigenvalue weighted by atomic mass is 35.5. The molecule has 0 bridgehead atoms. The van der Waals surface area contributed by atoms with E-state index in [0.717, 1.165) is 4.88 Å². The van der Waals surface area contributed by atoms with Crippen molar-refractivity contribution in [3.63, 3.8) is 0 Å². The molecule has 1 aromatic rings. The summed E-state index contributed by atoms with van der Waals surface area (Å²) >= 11 is 1.57. The summed E-state index contributed by atoms with van der Waals surface area (Å²) in [7, 11) is 0. The number of thiophene rings is 1. The lowest BCUT2D eigenvalue weighted by Gasteiger charge is -2.23. The van der Waals surface area contributed by atoms with Gasteiger partial charge in [-0.25, -0.2) is 0 Å². The van der Waals surface area contributed by atoms with Gasteiger partial charge < -0.3 is 15.3 Å². The standard InChI is InChI=1S/C16H23N3O4S.ClH/c1-2-19(10-14(20)17-8-13-4-3-7-24-13)15(21)11-18-6-5-12(9-18)16(22)23;/h3-4,7,12H,2,5-6,8-11H2,1H3,(H,17,20)(H,22,23);1H. The molecule has 0 aliphatic carbocycles. The van der Waals surface area contributed by atoms with E-state index in [-0.39, 0.29) is 37.3 Å². The quantitative estimate of drug-likeness (QED) is 0.693. The van der Waals surface area contributed by atoms with Crippen molar-refractivity contribution in [2.24, 2.45) is 5.92 Å². The van der Waals surface area contributed by atoms with Crippen molar-refractivity contribution in [2.45, 2.75) is 19.9 Å². The first-order chi connectivity index (χ1) is 11.5. The second-order valence-electron chi connectivity index (χ2n) is 5.82. The number of halogens is 1. The topological polar surface area (TPSA) is 90.0 Å². The highest BCUT2D eigenvalue weighted by molar-refractivity contribution is 7.09. The number of hydrogen-bond acceptors (Lipinski definition) is 5. The van der Waals surface area contributed by atoms with Crippen molar-refractivity contribution in [3.05, 3.63) is 22.4 Å². The van der Waals surface area contributed by atoms with Gasteiger partial charge >= 0.3 is 5.97 Å². The predicted molar refractivity (Wildman–Crippen MR) is 97.9 cm³/mol. The van der Waals surface area contributed by atoms with Crippen LogP contribution >= 0.6 is 23.7 Å². The largest absolute Gasteiger partial charge is 0.481 e. The minimum absolute atomic E-state index is 0. The van der Waals surface area contributed by atoms with Crippen molar-refractivity contribution in [1.82, 2.24) is 15.1 Å². The van der Waals surface area contributed by atoms with E-state index in [4.69, 9.17) is 5.11 Å². The van der Waals surface area contributed by atoms with Gasteiger partial charge in [0.15, 0.2) is 0 Å². The fraction of sp³-hybridized carbons (Fsp3) is 0.562. The number of carbonyl (C=O) groups excluding carboxylic acids is 2. The van der Waals surface area contributed by atoms with Crippen molar-refractivity contribution in [3.8, 4) is 0 Å². The van der Waals surface area contributed by atoms with Crippen LogP contribution in [0.5, 0.6) is 0 Å². The Bertz CT molecular complexity index is 582. The summed E-state index contributed by atoms with van der Waals surface area (Å²) in [6.45, 7) is 3.92. The Hall–Kier alpha value is -1.64. The number of carbonyl (C=O) groups is 3. The second-order valence-corrected chi connectivity index (χ2v) is 6.86. The van der Waals surface area contributed by atoms with Gasteiger partial charge in [-0.3, -0.25) is 19.3 Å². The molecule has 1 aliphatic heterocycles. The van der Waals surface area contributed by atoms with E-state index in [1.54, 1.807) is 11.3 Å². The number of likely N-dealkylation sites (tertiary alicyclic amines) is 1. The minimum Gasteiger partial charge on any atom is -0.481 e. The molecule has 1 aliphatic rings. The normalized spacial score (nSPS) is 16.9. The zero-order valence-electron chi connectivity index (χ0n) is 14.1. The lowest BCUT2D eigenvalue weighted by molar-refractivity contribution is -0.141. The maximum Gasteiger partial charge on any atom is 0.307 e. The molecule has 1 saturated heterocycles. The van der Waals surface area contributed by atoms with E-state index in [2.05, 4.69) is 5.32 Å². The summed E-state index contributed by atoms with van der Waals surface area (Å²) in [5.74, 6) is -1.55. The fourth-order valence-electron chi connectivity index (χ4n) is 2.67. The lowest BCUT2D eigenvalue weighted by atomic mass is 10.1. The average Bonchev–Trinajstić information content (AvgIpc) is 3.21. The third-order valence-electron chi connectivity index (χ3n) is 4.09. The van der Waals surface area contributed by atoms with Crippen LogP contribution < -0.4 is 5.32 Å². The summed E-state index contributed by atoms with van der Waals surface area (Å²) in [5.41, 5.74) is 0. The van der Waals surface area contributed by atoms with Crippen LogP contribution in [0.3, 0.4) is 0 Å². The van der Waals surface area contributed by atoms with Crippen LogP contribution in [0.25, 0.3) is 0 Å². The van der Waals surface area contributed by atoms with E-state index in [1.165, 1.54) is 4.90 Å². The van der Waals surface area contributed by atoms with Crippen LogP contribution in [0.2, 0.25) is 0 Å². The molecule has 1 unspecified atom stereocenters. The molecule has 140 valence electrons. The van der Waals surface area contributed by atoms with Gasteiger partial charge in [0.25, 0.3) is 0 Å². The van der Waals surface area contributed by atoms with E-state index >= 15 is 0 Å². The fourth-order valence-corrected chi connectivity index (χ4v) is 3.32. The number of nitrogens with one attached hydrogen (secondary N) is 1. The molecule has 9 heteroatoms. The molecule has 2 heterocycles. The minimum atomic E-state index is -0.815. The third kappa shape index (κ3) is 6.64. The summed E-state index contributed by atoms with van der Waals surface area (Å²) < 4.78 is 0. The summed E-state index contributed by atoms with van der Waals surface area (Å²) in [5, 5.41) is 13.8. The Morgan fingerprint density at radius 1 is 1.44 bits per heavy atom. The smallest absolute Gasteiger partial charge is 0.307 e. The Morgan fingerprint density at radius 3 is 2.76 bits per heavy atom. The molecule has 25 heavy (non-hydrogen) atoms. The highest BCUT2D eigenvalue weighted by Crippen LogP contribution is 2.16. The molecule has 2 N–H and O–H groups in total. The number of amides is 2. The van der Waals surface area contributed by atoms with E-state index < -0.39 is 11.9 Å². The van der Waals surface area contributed by atoms with E-state index in [9.17, 15) is 14.4 Å². The monoisotopic (exact) mass is 389 g/mol. The van der Waals surface area contributed by atoms with Crippen LogP contribution in [-0.2, 0) is 20.9 Å². The SMILES string of the molecule is CCN(CC(=O)NCc1cccs1)C(=O)CN1CCC(C(=O)O)C1.Cl. The molecule has 0 saturated carbocycles. The highest BCUT2D eigenvalue weighted by Gasteiger charge is 2.30. The lowest BCUT2D eigenvalue weighted by Crippen LogP contribution is -2.44. The van der Waals surface area contributed by atoms with Gasteiger partial charge in [-0.2, -0.15) is 0 Å². The first-order valence-electron chi connectivity index (χ1n) is 8.01. The Kier molecular flexibility index (Phi) is 8.88. The average molecular weight is 390 g/mol.